The molecular weight excluding hydrogens is 246 g/mol. The minimum absolute atomic E-state index is 0.141. The summed E-state index contributed by atoms with van der Waals surface area (Å²) < 4.78 is 2.04. The molecule has 1 unspecified atom stereocenters. The van der Waals surface area contributed by atoms with Crippen LogP contribution in [-0.2, 0) is 0 Å². The van der Waals surface area contributed by atoms with E-state index in [1.54, 1.807) is 0 Å². The molecule has 20 heavy (non-hydrogen) atoms. The molecule has 108 valence electrons. The minimum atomic E-state index is 0.141. The number of nitrogens with one attached hydrogen (secondary N) is 1. The molecule has 1 atom stereocenters. The second kappa shape index (κ2) is 6.23. The highest BCUT2D eigenvalue weighted by Gasteiger charge is 2.28. The van der Waals surface area contributed by atoms with Crippen molar-refractivity contribution in [1.29, 1.82) is 0 Å². The number of hydrogen-bond acceptors (Lipinski definition) is 2. The van der Waals surface area contributed by atoms with Crippen molar-refractivity contribution in [2.75, 3.05) is 6.54 Å². The summed E-state index contributed by atoms with van der Waals surface area (Å²) >= 11 is 0. The van der Waals surface area contributed by atoms with Crippen LogP contribution in [-0.4, -0.2) is 16.3 Å². The number of benzene rings is 1. The molecule has 0 saturated carbocycles. The van der Waals surface area contributed by atoms with Gasteiger partial charge in [-0.2, -0.15) is 5.10 Å². The van der Waals surface area contributed by atoms with Gasteiger partial charge in [-0.3, -0.25) is 0 Å². The van der Waals surface area contributed by atoms with Gasteiger partial charge in [0, 0.05) is 6.20 Å². The first-order chi connectivity index (χ1) is 9.54. The van der Waals surface area contributed by atoms with Crippen LogP contribution in [0.2, 0.25) is 0 Å². The maximum atomic E-state index is 4.51. The molecule has 0 aliphatic heterocycles. The van der Waals surface area contributed by atoms with Crippen LogP contribution >= 0.6 is 0 Å². The second-order valence-corrected chi connectivity index (χ2v) is 6.26. The first kappa shape index (κ1) is 14.8. The maximum Gasteiger partial charge on any atom is 0.0649 e. The summed E-state index contributed by atoms with van der Waals surface area (Å²) in [7, 11) is 0. The Hall–Kier alpha value is -1.61. The van der Waals surface area contributed by atoms with Crippen molar-refractivity contribution in [3.63, 3.8) is 0 Å². The van der Waals surface area contributed by atoms with E-state index < -0.39 is 0 Å². The Labute approximate surface area is 122 Å². The van der Waals surface area contributed by atoms with Crippen molar-refractivity contribution in [3.05, 3.63) is 48.3 Å². The molecule has 3 heteroatoms. The predicted molar refractivity (Wildman–Crippen MR) is 84.1 cm³/mol. The van der Waals surface area contributed by atoms with Gasteiger partial charge in [0.05, 0.1) is 17.4 Å². The summed E-state index contributed by atoms with van der Waals surface area (Å²) in [5.74, 6) is 0. The molecule has 0 fully saturated rings. The average Bonchev–Trinajstić information content (AvgIpc) is 2.88. The predicted octanol–water partition coefficient (Wildman–Crippen LogP) is 3.96. The van der Waals surface area contributed by atoms with Crippen LogP contribution < -0.4 is 5.32 Å². The zero-order valence-electron chi connectivity index (χ0n) is 12.9. The van der Waals surface area contributed by atoms with Gasteiger partial charge in [0.25, 0.3) is 0 Å². The molecule has 0 bridgehead atoms. The van der Waals surface area contributed by atoms with Crippen molar-refractivity contribution < 1.29 is 0 Å². The maximum absolute atomic E-state index is 4.51. The van der Waals surface area contributed by atoms with Crippen molar-refractivity contribution in [3.8, 4) is 5.69 Å². The Morgan fingerprint density at radius 1 is 1.15 bits per heavy atom. The molecule has 1 N–H and O–H groups in total. The van der Waals surface area contributed by atoms with E-state index in [4.69, 9.17) is 0 Å². The van der Waals surface area contributed by atoms with E-state index in [1.807, 2.05) is 29.1 Å². The van der Waals surface area contributed by atoms with Crippen molar-refractivity contribution >= 4 is 0 Å². The van der Waals surface area contributed by atoms with Crippen LogP contribution in [0.25, 0.3) is 5.69 Å². The van der Waals surface area contributed by atoms with E-state index in [-0.39, 0.29) is 11.5 Å². The normalized spacial score (nSPS) is 13.4. The quantitative estimate of drug-likeness (QED) is 0.892. The van der Waals surface area contributed by atoms with Crippen LogP contribution in [0.4, 0.5) is 0 Å². The van der Waals surface area contributed by atoms with Crippen LogP contribution in [0.15, 0.2) is 42.6 Å². The number of hydrogen-bond donors (Lipinski definition) is 1. The molecule has 1 heterocycles. The van der Waals surface area contributed by atoms with Crippen molar-refractivity contribution in [2.24, 2.45) is 5.41 Å². The second-order valence-electron chi connectivity index (χ2n) is 6.26. The van der Waals surface area contributed by atoms with Gasteiger partial charge in [0.15, 0.2) is 0 Å². The third-order valence-electron chi connectivity index (χ3n) is 3.43. The zero-order valence-corrected chi connectivity index (χ0v) is 12.9. The van der Waals surface area contributed by atoms with Gasteiger partial charge in [-0.15, -0.1) is 0 Å². The van der Waals surface area contributed by atoms with Crippen molar-refractivity contribution in [2.45, 2.75) is 40.2 Å². The third-order valence-corrected chi connectivity index (χ3v) is 3.43. The fourth-order valence-corrected chi connectivity index (χ4v) is 2.46. The van der Waals surface area contributed by atoms with Gasteiger partial charge in [-0.25, -0.2) is 4.68 Å². The Morgan fingerprint density at radius 2 is 1.85 bits per heavy atom. The lowest BCUT2D eigenvalue weighted by atomic mass is 9.84. The standard InChI is InChI=1S/C17H25N3/c1-5-12-18-16(17(2,3)4)15-11-13-19-20(15)14-9-7-6-8-10-14/h6-11,13,16,18H,5,12H2,1-4H3. The van der Waals surface area contributed by atoms with Gasteiger partial charge < -0.3 is 5.32 Å². The van der Waals surface area contributed by atoms with Gasteiger partial charge in [0.1, 0.15) is 0 Å². The third kappa shape index (κ3) is 3.28. The van der Waals surface area contributed by atoms with Gasteiger partial charge in [-0.1, -0.05) is 45.9 Å². The summed E-state index contributed by atoms with van der Waals surface area (Å²) in [5, 5.41) is 8.17. The summed E-state index contributed by atoms with van der Waals surface area (Å²) in [6, 6.07) is 12.7. The number of rotatable bonds is 5. The molecule has 0 amide bonds. The molecule has 0 spiro atoms. The molecule has 2 aromatic rings. The van der Waals surface area contributed by atoms with E-state index in [0.29, 0.717) is 0 Å². The molecular formula is C17H25N3. The first-order valence-electron chi connectivity index (χ1n) is 7.36. The highest BCUT2D eigenvalue weighted by molar-refractivity contribution is 5.33. The lowest BCUT2D eigenvalue weighted by Gasteiger charge is -2.32. The highest BCUT2D eigenvalue weighted by atomic mass is 15.3. The van der Waals surface area contributed by atoms with Gasteiger partial charge in [-0.05, 0) is 36.6 Å². The molecule has 2 rings (SSSR count). The zero-order chi connectivity index (χ0) is 14.6. The summed E-state index contributed by atoms with van der Waals surface area (Å²) in [5.41, 5.74) is 2.47. The van der Waals surface area contributed by atoms with E-state index >= 15 is 0 Å². The molecule has 1 aromatic carbocycles. The Morgan fingerprint density at radius 3 is 2.45 bits per heavy atom. The van der Waals surface area contributed by atoms with Crippen LogP contribution in [0.5, 0.6) is 0 Å². The van der Waals surface area contributed by atoms with E-state index in [0.717, 1.165) is 18.7 Å². The molecule has 0 radical (unpaired) electrons. The average molecular weight is 271 g/mol. The first-order valence-corrected chi connectivity index (χ1v) is 7.36. The minimum Gasteiger partial charge on any atom is -0.308 e. The Kier molecular flexibility index (Phi) is 4.61. The molecule has 3 nitrogen and oxygen atoms in total. The highest BCUT2D eigenvalue weighted by Crippen LogP contribution is 2.33. The number of nitrogens with zero attached hydrogens (tertiary/aromatic N) is 2. The van der Waals surface area contributed by atoms with E-state index in [9.17, 15) is 0 Å². The van der Waals surface area contributed by atoms with Gasteiger partial charge >= 0.3 is 0 Å². The van der Waals surface area contributed by atoms with E-state index in [1.165, 1.54) is 5.69 Å². The number of aromatic nitrogens is 2. The number of para-hydroxylation sites is 1. The van der Waals surface area contributed by atoms with Crippen LogP contribution in [0, 0.1) is 5.41 Å². The van der Waals surface area contributed by atoms with Crippen LogP contribution in [0.1, 0.15) is 45.9 Å². The topological polar surface area (TPSA) is 29.9 Å². The van der Waals surface area contributed by atoms with Crippen molar-refractivity contribution in [1.82, 2.24) is 15.1 Å². The summed E-state index contributed by atoms with van der Waals surface area (Å²) in [6.07, 6.45) is 3.01. The van der Waals surface area contributed by atoms with Crippen LogP contribution in [0.3, 0.4) is 0 Å². The fourth-order valence-electron chi connectivity index (χ4n) is 2.46. The summed E-state index contributed by atoms with van der Waals surface area (Å²) in [4.78, 5) is 0. The lowest BCUT2D eigenvalue weighted by molar-refractivity contribution is 0.264. The lowest BCUT2D eigenvalue weighted by Crippen LogP contribution is -2.34. The molecule has 0 aliphatic rings. The largest absolute Gasteiger partial charge is 0.308 e. The smallest absolute Gasteiger partial charge is 0.0649 e. The Balaban J connectivity index is 2.38. The molecule has 1 aromatic heterocycles. The summed E-state index contributed by atoms with van der Waals surface area (Å²) in [6.45, 7) is 10.0. The van der Waals surface area contributed by atoms with E-state index in [2.05, 4.69) is 56.3 Å². The Bertz CT molecular complexity index is 523. The monoisotopic (exact) mass is 271 g/mol. The molecule has 0 saturated heterocycles. The van der Waals surface area contributed by atoms with Gasteiger partial charge in [0.2, 0.25) is 0 Å². The molecule has 0 aliphatic carbocycles. The SMILES string of the molecule is CCCNC(c1ccnn1-c1ccccc1)C(C)(C)C. The fraction of sp³-hybridized carbons (Fsp3) is 0.471.